The van der Waals surface area contributed by atoms with E-state index in [2.05, 4.69) is 15.9 Å². The summed E-state index contributed by atoms with van der Waals surface area (Å²) >= 11 is 4.49. The summed E-state index contributed by atoms with van der Waals surface area (Å²) in [5, 5.41) is 7.73. The molecule has 1 rings (SSSR count). The fraction of sp³-hybridized carbons (Fsp3) is 0.429. The molecule has 0 radical (unpaired) electrons. The molecule has 0 unspecified atom stereocenters. The van der Waals surface area contributed by atoms with E-state index in [1.165, 1.54) is 11.3 Å². The molecule has 0 atom stereocenters. The molecule has 0 aliphatic heterocycles. The minimum atomic E-state index is -3.50. The van der Waals surface area contributed by atoms with Crippen LogP contribution in [0.5, 0.6) is 0 Å². The monoisotopic (exact) mass is 283 g/mol. The molecular formula is C7H10BrNO2S2. The number of primary sulfonamides is 1. The van der Waals surface area contributed by atoms with Crippen LogP contribution in [0, 0.1) is 0 Å². The molecule has 0 aliphatic carbocycles. The van der Waals surface area contributed by atoms with Gasteiger partial charge in [0.15, 0.2) is 0 Å². The number of sulfonamides is 1. The lowest BCUT2D eigenvalue weighted by molar-refractivity contribution is 0.599. The zero-order chi connectivity index (χ0) is 9.90. The lowest BCUT2D eigenvalue weighted by Gasteiger charge is -1.91. The minimum absolute atomic E-state index is 0.247. The Balaban J connectivity index is 2.76. The van der Waals surface area contributed by atoms with Gasteiger partial charge in [-0.1, -0.05) is 15.9 Å². The first-order chi connectivity index (χ1) is 6.04. The van der Waals surface area contributed by atoms with Gasteiger partial charge in [0.2, 0.25) is 10.0 Å². The van der Waals surface area contributed by atoms with Gasteiger partial charge >= 0.3 is 0 Å². The average molecular weight is 284 g/mol. The quantitative estimate of drug-likeness (QED) is 0.856. The van der Waals surface area contributed by atoms with Gasteiger partial charge in [-0.3, -0.25) is 0 Å². The molecule has 74 valence electrons. The van der Waals surface area contributed by atoms with Crippen LogP contribution < -0.4 is 5.14 Å². The molecule has 3 nitrogen and oxygen atoms in total. The molecule has 0 bridgehead atoms. The molecule has 1 aromatic heterocycles. The van der Waals surface area contributed by atoms with Crippen LogP contribution >= 0.6 is 27.3 Å². The predicted molar refractivity (Wildman–Crippen MR) is 57.8 cm³/mol. The van der Waals surface area contributed by atoms with Crippen molar-refractivity contribution in [3.05, 3.63) is 17.0 Å². The van der Waals surface area contributed by atoms with E-state index in [0.717, 1.165) is 23.7 Å². The number of hydrogen-bond acceptors (Lipinski definition) is 3. The highest BCUT2D eigenvalue weighted by molar-refractivity contribution is 9.09. The van der Waals surface area contributed by atoms with E-state index in [9.17, 15) is 8.42 Å². The van der Waals surface area contributed by atoms with E-state index in [4.69, 9.17) is 5.14 Å². The van der Waals surface area contributed by atoms with Crippen molar-refractivity contribution in [3.63, 3.8) is 0 Å². The van der Waals surface area contributed by atoms with Gasteiger partial charge in [-0.25, -0.2) is 13.6 Å². The molecule has 0 saturated heterocycles. The highest BCUT2D eigenvalue weighted by Crippen LogP contribution is 2.19. The third-order valence-electron chi connectivity index (χ3n) is 1.51. The first-order valence-electron chi connectivity index (χ1n) is 3.70. The van der Waals surface area contributed by atoms with Crippen molar-refractivity contribution in [2.75, 3.05) is 5.33 Å². The lowest BCUT2D eigenvalue weighted by atomic mass is 10.2. The van der Waals surface area contributed by atoms with Gasteiger partial charge in [-0.2, -0.15) is 0 Å². The molecule has 2 N–H and O–H groups in total. The number of nitrogens with two attached hydrogens (primary N) is 1. The summed E-state index contributed by atoms with van der Waals surface area (Å²) in [6, 6.07) is 1.64. The van der Waals surface area contributed by atoms with Crippen LogP contribution in [0.1, 0.15) is 12.0 Å². The zero-order valence-corrected chi connectivity index (χ0v) is 10.1. The van der Waals surface area contributed by atoms with Crippen LogP contribution in [-0.2, 0) is 16.4 Å². The van der Waals surface area contributed by atoms with Gasteiger partial charge in [0.1, 0.15) is 4.21 Å². The van der Waals surface area contributed by atoms with Crippen LogP contribution in [-0.4, -0.2) is 13.7 Å². The van der Waals surface area contributed by atoms with Crippen molar-refractivity contribution >= 4 is 37.3 Å². The second kappa shape index (κ2) is 4.54. The molecule has 13 heavy (non-hydrogen) atoms. The maximum atomic E-state index is 10.9. The van der Waals surface area contributed by atoms with Crippen LogP contribution in [0.25, 0.3) is 0 Å². The van der Waals surface area contributed by atoms with Crippen molar-refractivity contribution in [2.24, 2.45) is 5.14 Å². The number of halogens is 1. The van der Waals surface area contributed by atoms with E-state index >= 15 is 0 Å². The maximum Gasteiger partial charge on any atom is 0.247 e. The van der Waals surface area contributed by atoms with Gasteiger partial charge in [0.05, 0.1) is 0 Å². The fourth-order valence-electron chi connectivity index (χ4n) is 0.904. The Morgan fingerprint density at radius 2 is 2.23 bits per heavy atom. The van der Waals surface area contributed by atoms with Gasteiger partial charge < -0.3 is 0 Å². The molecule has 0 saturated carbocycles. The van der Waals surface area contributed by atoms with Gasteiger partial charge in [-0.15, -0.1) is 11.3 Å². The summed E-state index contributed by atoms with van der Waals surface area (Å²) in [5.74, 6) is 0. The standard InChI is InChI=1S/C7H10BrNO2S2/c8-3-1-2-6-4-7(12-5-6)13(9,10)11/h4-5H,1-3H2,(H2,9,10,11). The molecule has 1 heterocycles. The largest absolute Gasteiger partial charge is 0.247 e. The van der Waals surface area contributed by atoms with E-state index in [1.807, 2.05) is 5.38 Å². The van der Waals surface area contributed by atoms with E-state index in [-0.39, 0.29) is 4.21 Å². The Labute approximate surface area is 90.1 Å². The number of alkyl halides is 1. The Kier molecular flexibility index (Phi) is 3.90. The number of thiophene rings is 1. The van der Waals surface area contributed by atoms with E-state index in [1.54, 1.807) is 6.07 Å². The second-order valence-electron chi connectivity index (χ2n) is 2.61. The van der Waals surface area contributed by atoms with Crippen LogP contribution in [0.15, 0.2) is 15.7 Å². The number of rotatable bonds is 4. The summed E-state index contributed by atoms with van der Waals surface area (Å²) in [6.07, 6.45) is 1.89. The van der Waals surface area contributed by atoms with E-state index in [0.29, 0.717) is 0 Å². The van der Waals surface area contributed by atoms with Gasteiger partial charge in [0.25, 0.3) is 0 Å². The Hall–Kier alpha value is 0.0900. The highest BCUT2D eigenvalue weighted by Gasteiger charge is 2.10. The van der Waals surface area contributed by atoms with Crippen molar-refractivity contribution in [3.8, 4) is 0 Å². The molecule has 0 fully saturated rings. The highest BCUT2D eigenvalue weighted by atomic mass is 79.9. The summed E-state index contributed by atoms with van der Waals surface area (Å²) in [7, 11) is -3.50. The Morgan fingerprint density at radius 3 is 2.69 bits per heavy atom. The van der Waals surface area contributed by atoms with Crippen molar-refractivity contribution in [1.82, 2.24) is 0 Å². The molecule has 0 amide bonds. The Bertz CT molecular complexity index is 372. The van der Waals surface area contributed by atoms with Crippen molar-refractivity contribution in [1.29, 1.82) is 0 Å². The molecular weight excluding hydrogens is 274 g/mol. The van der Waals surface area contributed by atoms with Crippen LogP contribution in [0.2, 0.25) is 0 Å². The van der Waals surface area contributed by atoms with Gasteiger partial charge in [0, 0.05) is 5.33 Å². The summed E-state index contributed by atoms with van der Waals surface area (Å²) in [5.41, 5.74) is 1.04. The fourth-order valence-corrected chi connectivity index (χ4v) is 2.85. The van der Waals surface area contributed by atoms with Crippen LogP contribution in [0.4, 0.5) is 0 Å². The first-order valence-corrected chi connectivity index (χ1v) is 7.25. The van der Waals surface area contributed by atoms with Crippen molar-refractivity contribution < 1.29 is 8.42 Å². The topological polar surface area (TPSA) is 60.2 Å². The molecule has 6 heteroatoms. The van der Waals surface area contributed by atoms with Gasteiger partial charge in [-0.05, 0) is 29.9 Å². The molecule has 0 spiro atoms. The Morgan fingerprint density at radius 1 is 1.54 bits per heavy atom. The predicted octanol–water partition coefficient (Wildman–Crippen LogP) is 1.72. The van der Waals surface area contributed by atoms with Crippen LogP contribution in [0.3, 0.4) is 0 Å². The summed E-state index contributed by atoms with van der Waals surface area (Å²) in [6.45, 7) is 0. The summed E-state index contributed by atoms with van der Waals surface area (Å²) < 4.78 is 22.0. The normalized spacial score (nSPS) is 11.8. The zero-order valence-electron chi connectivity index (χ0n) is 6.86. The lowest BCUT2D eigenvalue weighted by Crippen LogP contribution is -2.09. The summed E-state index contributed by atoms with van der Waals surface area (Å²) in [4.78, 5) is 0. The second-order valence-corrected chi connectivity index (χ2v) is 6.10. The van der Waals surface area contributed by atoms with Crippen molar-refractivity contribution in [2.45, 2.75) is 17.1 Å². The molecule has 0 aromatic carbocycles. The average Bonchev–Trinajstić information content (AvgIpc) is 2.47. The third kappa shape index (κ3) is 3.38. The molecule has 0 aliphatic rings. The SMILES string of the molecule is NS(=O)(=O)c1cc(CCCBr)cs1. The third-order valence-corrected chi connectivity index (χ3v) is 4.50. The van der Waals surface area contributed by atoms with E-state index < -0.39 is 10.0 Å². The smallest absolute Gasteiger partial charge is 0.224 e. The minimum Gasteiger partial charge on any atom is -0.224 e. The molecule has 1 aromatic rings. The maximum absolute atomic E-state index is 10.9. The first kappa shape index (κ1) is 11.2. The number of aryl methyl sites for hydroxylation is 1. The number of hydrogen-bond donors (Lipinski definition) is 1.